The number of benzene rings is 1. The van der Waals surface area contributed by atoms with E-state index in [0.717, 1.165) is 41.3 Å². The van der Waals surface area contributed by atoms with Gasteiger partial charge in [-0.1, -0.05) is 18.2 Å². The second-order valence-corrected chi connectivity index (χ2v) is 5.00. The monoisotopic (exact) mass is 270 g/mol. The minimum Gasteiger partial charge on any atom is -0.392 e. The number of aromatic nitrogens is 2. The average Bonchev–Trinajstić information content (AvgIpc) is 2.65. The minimum atomic E-state index is -0.406. The van der Waals surface area contributed by atoms with Crippen LogP contribution in [0.25, 0.3) is 11.3 Å². The van der Waals surface area contributed by atoms with E-state index >= 15 is 0 Å². The van der Waals surface area contributed by atoms with Gasteiger partial charge in [0.25, 0.3) is 0 Å². The van der Waals surface area contributed by atoms with Crippen molar-refractivity contribution in [2.75, 3.05) is 23.7 Å². The van der Waals surface area contributed by atoms with Gasteiger partial charge in [-0.05, 0) is 19.4 Å². The van der Waals surface area contributed by atoms with Crippen LogP contribution in [-0.2, 0) is 6.42 Å². The molecule has 0 radical (unpaired) electrons. The summed E-state index contributed by atoms with van der Waals surface area (Å²) in [6.45, 7) is 3.09. The Hall–Kier alpha value is -2.14. The van der Waals surface area contributed by atoms with E-state index in [2.05, 4.69) is 32.7 Å². The summed E-state index contributed by atoms with van der Waals surface area (Å²) < 4.78 is 0. The van der Waals surface area contributed by atoms with Gasteiger partial charge in [-0.15, -0.1) is 0 Å². The summed E-state index contributed by atoms with van der Waals surface area (Å²) in [5.41, 5.74) is 4.27. The number of hydrogen-bond acceptors (Lipinski definition) is 5. The summed E-state index contributed by atoms with van der Waals surface area (Å²) in [6, 6.07) is 8.17. The van der Waals surface area contributed by atoms with Gasteiger partial charge < -0.3 is 15.7 Å². The Morgan fingerprint density at radius 1 is 1.35 bits per heavy atom. The number of fused-ring (bicyclic) bond motifs is 3. The van der Waals surface area contributed by atoms with E-state index in [1.165, 1.54) is 0 Å². The summed E-state index contributed by atoms with van der Waals surface area (Å²) >= 11 is 0. The third kappa shape index (κ3) is 2.44. The van der Waals surface area contributed by atoms with Crippen LogP contribution < -0.4 is 10.6 Å². The predicted molar refractivity (Wildman–Crippen MR) is 79.8 cm³/mol. The second kappa shape index (κ2) is 5.46. The molecule has 20 heavy (non-hydrogen) atoms. The molecule has 1 aliphatic heterocycles. The zero-order valence-electron chi connectivity index (χ0n) is 11.4. The average molecular weight is 270 g/mol. The van der Waals surface area contributed by atoms with Crippen LogP contribution in [0.2, 0.25) is 0 Å². The summed E-state index contributed by atoms with van der Waals surface area (Å²) in [7, 11) is 0. The second-order valence-electron chi connectivity index (χ2n) is 5.00. The van der Waals surface area contributed by atoms with Gasteiger partial charge in [0, 0.05) is 29.9 Å². The lowest BCUT2D eigenvalue weighted by molar-refractivity contribution is 0.208. The first-order valence-corrected chi connectivity index (χ1v) is 6.85. The van der Waals surface area contributed by atoms with E-state index < -0.39 is 6.10 Å². The van der Waals surface area contributed by atoms with Crippen molar-refractivity contribution in [3.63, 3.8) is 0 Å². The molecule has 5 nitrogen and oxygen atoms in total. The number of nitrogens with one attached hydrogen (secondary N) is 2. The molecule has 1 aliphatic rings. The van der Waals surface area contributed by atoms with Crippen molar-refractivity contribution in [3.8, 4) is 11.3 Å². The van der Waals surface area contributed by atoms with Gasteiger partial charge >= 0.3 is 0 Å². The van der Waals surface area contributed by atoms with Gasteiger partial charge in [0.2, 0.25) is 0 Å². The van der Waals surface area contributed by atoms with Gasteiger partial charge in [-0.3, -0.25) is 0 Å². The van der Waals surface area contributed by atoms with Crippen molar-refractivity contribution in [3.05, 3.63) is 36.2 Å². The highest BCUT2D eigenvalue weighted by molar-refractivity contribution is 5.80. The zero-order valence-corrected chi connectivity index (χ0v) is 11.4. The van der Waals surface area contributed by atoms with E-state index in [9.17, 15) is 5.11 Å². The normalized spacial score (nSPS) is 14.5. The molecule has 1 aromatic heterocycles. The molecule has 1 aromatic carbocycles. The van der Waals surface area contributed by atoms with Crippen molar-refractivity contribution in [1.82, 2.24) is 9.97 Å². The Balaban J connectivity index is 2.04. The maximum atomic E-state index is 9.41. The molecule has 5 heteroatoms. The molecule has 3 N–H and O–H groups in total. The fraction of sp³-hybridized carbons (Fsp3) is 0.333. The highest BCUT2D eigenvalue weighted by Gasteiger charge is 2.18. The number of hydrogen-bond donors (Lipinski definition) is 3. The van der Waals surface area contributed by atoms with Gasteiger partial charge in [0.05, 0.1) is 11.8 Å². The molecule has 0 bridgehead atoms. The van der Waals surface area contributed by atoms with Crippen molar-refractivity contribution >= 4 is 11.5 Å². The number of para-hydroxylation sites is 1. The Bertz CT molecular complexity index is 613. The maximum absolute atomic E-state index is 9.41. The summed E-state index contributed by atoms with van der Waals surface area (Å²) in [4.78, 5) is 8.77. The van der Waals surface area contributed by atoms with Crippen LogP contribution in [-0.4, -0.2) is 34.3 Å². The van der Waals surface area contributed by atoms with Crippen LogP contribution in [0.15, 0.2) is 30.6 Å². The molecule has 3 rings (SSSR count). The number of aliphatic hydroxyl groups excluding tert-OH is 1. The smallest absolute Gasteiger partial charge is 0.133 e. The molecule has 0 amide bonds. The van der Waals surface area contributed by atoms with E-state index in [4.69, 9.17) is 0 Å². The molecule has 2 aromatic rings. The standard InChI is InChI=1S/C15H18N4O/c1-10(20)8-17-15-12-6-7-16-13-5-3-2-4-11(13)14(12)18-9-19-15/h2-5,9-10,16,20H,6-8H2,1H3,(H,17,18,19). The zero-order chi connectivity index (χ0) is 13.9. The van der Waals surface area contributed by atoms with Crippen LogP contribution in [0.4, 0.5) is 11.5 Å². The Morgan fingerprint density at radius 3 is 3.05 bits per heavy atom. The Kier molecular flexibility index (Phi) is 3.52. The SMILES string of the molecule is CC(O)CNc1ncnc2c1CCNc1ccccc1-2. The predicted octanol–water partition coefficient (Wildman–Crippen LogP) is 1.90. The van der Waals surface area contributed by atoms with Crippen LogP contribution in [0.5, 0.6) is 0 Å². The molecule has 0 saturated heterocycles. The van der Waals surface area contributed by atoms with Crippen LogP contribution in [0, 0.1) is 0 Å². The third-order valence-corrected chi connectivity index (χ3v) is 3.38. The van der Waals surface area contributed by atoms with Gasteiger partial charge in [0.1, 0.15) is 12.1 Å². The summed E-state index contributed by atoms with van der Waals surface area (Å²) in [6.07, 6.45) is 2.02. The number of rotatable bonds is 3. The molecule has 2 heterocycles. The molecule has 0 saturated carbocycles. The molecule has 104 valence electrons. The van der Waals surface area contributed by atoms with Crippen LogP contribution in [0.1, 0.15) is 12.5 Å². The lowest BCUT2D eigenvalue weighted by Gasteiger charge is -2.13. The highest BCUT2D eigenvalue weighted by Crippen LogP contribution is 2.33. The van der Waals surface area contributed by atoms with Crippen molar-refractivity contribution in [2.45, 2.75) is 19.4 Å². The van der Waals surface area contributed by atoms with Crippen LogP contribution in [0.3, 0.4) is 0 Å². The molecule has 0 aliphatic carbocycles. The first-order valence-electron chi connectivity index (χ1n) is 6.85. The molecule has 1 unspecified atom stereocenters. The molecule has 1 atom stereocenters. The number of anilines is 2. The van der Waals surface area contributed by atoms with E-state index in [1.54, 1.807) is 13.3 Å². The maximum Gasteiger partial charge on any atom is 0.133 e. The number of aliphatic hydroxyl groups is 1. The molecule has 0 spiro atoms. The van der Waals surface area contributed by atoms with Crippen molar-refractivity contribution < 1.29 is 5.11 Å². The van der Waals surface area contributed by atoms with Crippen molar-refractivity contribution in [2.24, 2.45) is 0 Å². The van der Waals surface area contributed by atoms with Crippen LogP contribution >= 0.6 is 0 Å². The highest BCUT2D eigenvalue weighted by atomic mass is 16.3. The van der Waals surface area contributed by atoms with Crippen molar-refractivity contribution in [1.29, 1.82) is 0 Å². The van der Waals surface area contributed by atoms with E-state index in [-0.39, 0.29) is 0 Å². The Morgan fingerprint density at radius 2 is 2.20 bits per heavy atom. The first kappa shape index (κ1) is 12.9. The quantitative estimate of drug-likeness (QED) is 0.794. The van der Waals surface area contributed by atoms with E-state index in [1.807, 2.05) is 12.1 Å². The first-order chi connectivity index (χ1) is 9.75. The lowest BCUT2D eigenvalue weighted by atomic mass is 10.0. The molecular formula is C15H18N4O. The summed E-state index contributed by atoms with van der Waals surface area (Å²) in [5, 5.41) is 16.0. The minimum absolute atomic E-state index is 0.406. The fourth-order valence-corrected chi connectivity index (χ4v) is 2.44. The topological polar surface area (TPSA) is 70.1 Å². The molecule has 0 fully saturated rings. The summed E-state index contributed by atoms with van der Waals surface area (Å²) in [5.74, 6) is 0.814. The molecular weight excluding hydrogens is 252 g/mol. The van der Waals surface area contributed by atoms with Gasteiger partial charge in [-0.25, -0.2) is 9.97 Å². The lowest BCUT2D eigenvalue weighted by Crippen LogP contribution is -2.18. The van der Waals surface area contributed by atoms with E-state index in [0.29, 0.717) is 6.54 Å². The largest absolute Gasteiger partial charge is 0.392 e. The third-order valence-electron chi connectivity index (χ3n) is 3.38. The number of nitrogens with zero attached hydrogens (tertiary/aromatic N) is 2. The fourth-order valence-electron chi connectivity index (χ4n) is 2.44. The Labute approximate surface area is 118 Å². The van der Waals surface area contributed by atoms with Gasteiger partial charge in [-0.2, -0.15) is 0 Å². The van der Waals surface area contributed by atoms with Gasteiger partial charge in [0.15, 0.2) is 0 Å².